The SMILES string of the molecule is O=C(C=Cc1cc2ccccc2nc1Cl)c1c(-c2ccccc2)c2cc(Cl)ccc2[nH]c1=O. The molecule has 5 rings (SSSR count). The lowest BCUT2D eigenvalue weighted by Gasteiger charge is -2.12. The Morgan fingerprint density at radius 2 is 1.67 bits per heavy atom. The first-order valence-electron chi connectivity index (χ1n) is 10.2. The Morgan fingerprint density at radius 3 is 2.48 bits per heavy atom. The third-order valence-electron chi connectivity index (χ3n) is 5.40. The Kier molecular flexibility index (Phi) is 5.55. The zero-order valence-corrected chi connectivity index (χ0v) is 18.7. The van der Waals surface area contributed by atoms with Crippen molar-refractivity contribution in [3.63, 3.8) is 0 Å². The van der Waals surface area contributed by atoms with E-state index >= 15 is 0 Å². The lowest BCUT2D eigenvalue weighted by molar-refractivity contribution is 0.104. The fourth-order valence-corrected chi connectivity index (χ4v) is 4.26. The van der Waals surface area contributed by atoms with Crippen molar-refractivity contribution in [2.45, 2.75) is 0 Å². The van der Waals surface area contributed by atoms with E-state index < -0.39 is 11.3 Å². The smallest absolute Gasteiger partial charge is 0.260 e. The number of pyridine rings is 2. The predicted molar refractivity (Wildman–Crippen MR) is 135 cm³/mol. The number of nitrogens with one attached hydrogen (secondary N) is 1. The van der Waals surface area contributed by atoms with Crippen molar-refractivity contribution in [3.05, 3.63) is 117 Å². The molecule has 0 saturated heterocycles. The molecule has 2 heterocycles. The first-order valence-corrected chi connectivity index (χ1v) is 11.0. The van der Waals surface area contributed by atoms with E-state index in [0.717, 1.165) is 16.5 Å². The average Bonchev–Trinajstić information content (AvgIpc) is 2.82. The Morgan fingerprint density at radius 1 is 0.909 bits per heavy atom. The van der Waals surface area contributed by atoms with Crippen LogP contribution in [0.2, 0.25) is 10.2 Å². The summed E-state index contributed by atoms with van der Waals surface area (Å²) in [7, 11) is 0. The van der Waals surface area contributed by atoms with E-state index in [4.69, 9.17) is 23.2 Å². The standard InChI is InChI=1S/C27H16Cl2N2O2/c28-19-11-12-22-20(15-19)24(16-6-2-1-3-7-16)25(27(33)31-22)23(32)13-10-18-14-17-8-4-5-9-21(17)30-26(18)29/h1-15H,(H,31,33). The van der Waals surface area contributed by atoms with E-state index in [1.54, 1.807) is 24.3 Å². The van der Waals surface area contributed by atoms with Crippen LogP contribution in [0, 0.1) is 0 Å². The number of halogens is 2. The van der Waals surface area contributed by atoms with Gasteiger partial charge in [-0.1, -0.05) is 71.7 Å². The molecule has 0 saturated carbocycles. The lowest BCUT2D eigenvalue weighted by Crippen LogP contribution is -2.18. The number of allylic oxidation sites excluding steroid dienone is 1. The molecular formula is C27H16Cl2N2O2. The molecule has 160 valence electrons. The summed E-state index contributed by atoms with van der Waals surface area (Å²) in [4.78, 5) is 33.5. The Hall–Kier alpha value is -3.73. The number of fused-ring (bicyclic) bond motifs is 2. The van der Waals surface area contributed by atoms with Crippen LogP contribution in [0.1, 0.15) is 15.9 Å². The van der Waals surface area contributed by atoms with Crippen molar-refractivity contribution in [2.24, 2.45) is 0 Å². The molecular weight excluding hydrogens is 455 g/mol. The zero-order chi connectivity index (χ0) is 22.9. The van der Waals surface area contributed by atoms with E-state index in [2.05, 4.69) is 9.97 Å². The highest BCUT2D eigenvalue weighted by molar-refractivity contribution is 6.32. The number of carbonyl (C=O) groups is 1. The number of carbonyl (C=O) groups excluding carboxylic acids is 1. The minimum atomic E-state index is -0.471. The molecule has 2 aromatic heterocycles. The van der Waals surface area contributed by atoms with Crippen LogP contribution >= 0.6 is 23.2 Å². The molecule has 0 aliphatic heterocycles. The Balaban J connectivity index is 1.67. The van der Waals surface area contributed by atoms with Crippen LogP contribution < -0.4 is 5.56 Å². The summed E-state index contributed by atoms with van der Waals surface area (Å²) in [5.74, 6) is -0.443. The van der Waals surface area contributed by atoms with Gasteiger partial charge in [-0.3, -0.25) is 9.59 Å². The van der Waals surface area contributed by atoms with Gasteiger partial charge in [0.05, 0.1) is 11.1 Å². The van der Waals surface area contributed by atoms with Crippen molar-refractivity contribution in [1.82, 2.24) is 9.97 Å². The van der Waals surface area contributed by atoms with Gasteiger partial charge in [0, 0.05) is 32.4 Å². The third kappa shape index (κ3) is 4.07. The average molecular weight is 471 g/mol. The molecule has 6 heteroatoms. The van der Waals surface area contributed by atoms with Gasteiger partial charge in [-0.2, -0.15) is 0 Å². The first-order chi connectivity index (χ1) is 16.0. The number of nitrogens with zero attached hydrogens (tertiary/aromatic N) is 1. The molecule has 4 nitrogen and oxygen atoms in total. The van der Waals surface area contributed by atoms with Gasteiger partial charge in [-0.05, 0) is 48.0 Å². The molecule has 0 aliphatic carbocycles. The summed E-state index contributed by atoms with van der Waals surface area (Å²) < 4.78 is 0. The summed E-state index contributed by atoms with van der Waals surface area (Å²) in [5, 5.41) is 2.38. The van der Waals surface area contributed by atoms with Crippen molar-refractivity contribution < 1.29 is 4.79 Å². The van der Waals surface area contributed by atoms with Gasteiger partial charge in [0.2, 0.25) is 0 Å². The summed E-state index contributed by atoms with van der Waals surface area (Å²) in [6, 6.07) is 23.9. The molecule has 1 N–H and O–H groups in total. The highest BCUT2D eigenvalue weighted by Crippen LogP contribution is 2.32. The van der Waals surface area contributed by atoms with E-state index in [9.17, 15) is 9.59 Å². The summed E-state index contributed by atoms with van der Waals surface area (Å²) in [5.41, 5.74) is 2.81. The number of rotatable bonds is 4. The number of ketones is 1. The summed E-state index contributed by atoms with van der Waals surface area (Å²) in [6.07, 6.45) is 2.94. The number of hydrogen-bond acceptors (Lipinski definition) is 3. The van der Waals surface area contributed by atoms with Crippen LogP contribution in [0.3, 0.4) is 0 Å². The van der Waals surface area contributed by atoms with Gasteiger partial charge in [-0.25, -0.2) is 4.98 Å². The van der Waals surface area contributed by atoms with E-state index in [-0.39, 0.29) is 10.7 Å². The van der Waals surface area contributed by atoms with Crippen LogP contribution in [0.25, 0.3) is 39.0 Å². The second kappa shape index (κ2) is 8.66. The number of H-pyrrole nitrogens is 1. The van der Waals surface area contributed by atoms with Crippen molar-refractivity contribution >= 4 is 56.9 Å². The van der Waals surface area contributed by atoms with Gasteiger partial charge in [0.1, 0.15) is 5.15 Å². The van der Waals surface area contributed by atoms with Crippen molar-refractivity contribution in [2.75, 3.05) is 0 Å². The molecule has 0 fully saturated rings. The normalized spacial score (nSPS) is 11.5. The number of benzene rings is 3. The zero-order valence-electron chi connectivity index (χ0n) is 17.2. The molecule has 5 aromatic rings. The molecule has 0 spiro atoms. The van der Waals surface area contributed by atoms with E-state index in [1.165, 1.54) is 6.08 Å². The molecule has 33 heavy (non-hydrogen) atoms. The predicted octanol–water partition coefficient (Wildman–Crippen LogP) is 6.95. The maximum absolute atomic E-state index is 13.3. The second-order valence-electron chi connectivity index (χ2n) is 7.52. The van der Waals surface area contributed by atoms with Gasteiger partial charge >= 0.3 is 0 Å². The van der Waals surface area contributed by atoms with E-state index in [0.29, 0.717) is 27.1 Å². The van der Waals surface area contributed by atoms with Gasteiger partial charge in [0.15, 0.2) is 5.78 Å². The minimum Gasteiger partial charge on any atom is -0.321 e. The van der Waals surface area contributed by atoms with Crippen LogP contribution in [0.4, 0.5) is 0 Å². The fraction of sp³-hybridized carbons (Fsp3) is 0. The highest BCUT2D eigenvalue weighted by Gasteiger charge is 2.19. The minimum absolute atomic E-state index is 0.0390. The van der Waals surface area contributed by atoms with Gasteiger partial charge in [0.25, 0.3) is 5.56 Å². The van der Waals surface area contributed by atoms with Gasteiger partial charge < -0.3 is 4.98 Å². The van der Waals surface area contributed by atoms with Crippen LogP contribution in [-0.2, 0) is 0 Å². The fourth-order valence-electron chi connectivity index (χ4n) is 3.88. The lowest BCUT2D eigenvalue weighted by atomic mass is 9.94. The largest absolute Gasteiger partial charge is 0.321 e. The number of para-hydroxylation sites is 1. The van der Waals surface area contributed by atoms with Crippen molar-refractivity contribution in [3.8, 4) is 11.1 Å². The van der Waals surface area contributed by atoms with Crippen LogP contribution in [-0.4, -0.2) is 15.8 Å². The van der Waals surface area contributed by atoms with E-state index in [1.807, 2.05) is 60.7 Å². The van der Waals surface area contributed by atoms with Crippen LogP contribution in [0.5, 0.6) is 0 Å². The number of aromatic amines is 1. The molecule has 3 aromatic carbocycles. The molecule has 0 aliphatic rings. The molecule has 0 atom stereocenters. The summed E-state index contributed by atoms with van der Waals surface area (Å²) >= 11 is 12.6. The third-order valence-corrected chi connectivity index (χ3v) is 5.94. The first kappa shape index (κ1) is 21.1. The van der Waals surface area contributed by atoms with Crippen LogP contribution in [0.15, 0.2) is 89.7 Å². The monoisotopic (exact) mass is 470 g/mol. The number of hydrogen-bond donors (Lipinski definition) is 1. The number of aromatic nitrogens is 2. The van der Waals surface area contributed by atoms with Crippen molar-refractivity contribution in [1.29, 1.82) is 0 Å². The molecule has 0 unspecified atom stereocenters. The highest BCUT2D eigenvalue weighted by atomic mass is 35.5. The Labute approximate surface area is 199 Å². The second-order valence-corrected chi connectivity index (χ2v) is 8.31. The molecule has 0 radical (unpaired) electrons. The van der Waals surface area contributed by atoms with Gasteiger partial charge in [-0.15, -0.1) is 0 Å². The molecule has 0 amide bonds. The molecule has 0 bridgehead atoms. The maximum atomic E-state index is 13.3. The maximum Gasteiger partial charge on any atom is 0.260 e. The quantitative estimate of drug-likeness (QED) is 0.175. The topological polar surface area (TPSA) is 62.8 Å². The Bertz CT molecular complexity index is 1620. The summed E-state index contributed by atoms with van der Waals surface area (Å²) in [6.45, 7) is 0.